The summed E-state index contributed by atoms with van der Waals surface area (Å²) in [5, 5.41) is 0. The SMILES string of the molecule is CC[Si](CC)(CC)OCCCCCCCCC(=O)OC(C)(C)C. The molecule has 0 aromatic rings. The third-order valence-electron chi connectivity index (χ3n) is 4.54. The Labute approximate surface area is 145 Å². The predicted molar refractivity (Wildman–Crippen MR) is 101 cm³/mol. The highest BCUT2D eigenvalue weighted by atomic mass is 28.4. The highest BCUT2D eigenvalue weighted by Gasteiger charge is 2.28. The van der Waals surface area contributed by atoms with E-state index >= 15 is 0 Å². The number of hydrogen-bond acceptors (Lipinski definition) is 3. The molecule has 0 fully saturated rings. The molecular formula is C19H40O3Si. The number of carbonyl (C=O) groups excluding carboxylic acids is 1. The Kier molecular flexibility index (Phi) is 11.9. The zero-order valence-electron chi connectivity index (χ0n) is 16.5. The summed E-state index contributed by atoms with van der Waals surface area (Å²) in [5.41, 5.74) is -0.356. The molecule has 0 bridgehead atoms. The summed E-state index contributed by atoms with van der Waals surface area (Å²) >= 11 is 0. The van der Waals surface area contributed by atoms with Crippen molar-refractivity contribution in [1.29, 1.82) is 0 Å². The lowest BCUT2D eigenvalue weighted by Gasteiger charge is -2.27. The Hall–Kier alpha value is -0.353. The zero-order chi connectivity index (χ0) is 17.8. The molecule has 0 amide bonds. The standard InChI is InChI=1S/C19H40O3Si/c1-7-23(8-2,9-3)21-17-15-13-11-10-12-14-16-18(20)22-19(4,5)6/h7-17H2,1-6H3. The first-order valence-electron chi connectivity index (χ1n) is 9.64. The predicted octanol–water partition coefficient (Wildman–Crippen LogP) is 6.08. The van der Waals surface area contributed by atoms with Gasteiger partial charge in [0.2, 0.25) is 0 Å². The van der Waals surface area contributed by atoms with E-state index in [4.69, 9.17) is 9.16 Å². The zero-order valence-corrected chi connectivity index (χ0v) is 17.5. The first kappa shape index (κ1) is 22.6. The number of ether oxygens (including phenoxy) is 1. The lowest BCUT2D eigenvalue weighted by atomic mass is 10.1. The molecule has 138 valence electrons. The smallest absolute Gasteiger partial charge is 0.306 e. The van der Waals surface area contributed by atoms with E-state index in [-0.39, 0.29) is 11.6 Å². The van der Waals surface area contributed by atoms with Gasteiger partial charge >= 0.3 is 5.97 Å². The van der Waals surface area contributed by atoms with E-state index in [0.717, 1.165) is 19.4 Å². The topological polar surface area (TPSA) is 35.5 Å². The molecule has 0 rings (SSSR count). The molecule has 0 aromatic heterocycles. The molecule has 0 saturated heterocycles. The van der Waals surface area contributed by atoms with Crippen LogP contribution in [-0.4, -0.2) is 26.5 Å². The second-order valence-electron chi connectivity index (χ2n) is 7.55. The number of rotatable bonds is 13. The molecule has 0 N–H and O–H groups in total. The summed E-state index contributed by atoms with van der Waals surface area (Å²) in [6, 6.07) is 3.72. The van der Waals surface area contributed by atoms with Gasteiger partial charge in [-0.3, -0.25) is 4.79 Å². The van der Waals surface area contributed by atoms with E-state index in [1.54, 1.807) is 0 Å². The normalized spacial score (nSPS) is 12.4. The highest BCUT2D eigenvalue weighted by molar-refractivity contribution is 6.73. The van der Waals surface area contributed by atoms with Crippen molar-refractivity contribution in [3.63, 3.8) is 0 Å². The Morgan fingerprint density at radius 2 is 1.30 bits per heavy atom. The van der Waals surface area contributed by atoms with Crippen LogP contribution in [0.3, 0.4) is 0 Å². The molecular weight excluding hydrogens is 304 g/mol. The van der Waals surface area contributed by atoms with Crippen molar-refractivity contribution >= 4 is 14.3 Å². The van der Waals surface area contributed by atoms with Crippen molar-refractivity contribution in [2.24, 2.45) is 0 Å². The van der Waals surface area contributed by atoms with Crippen LogP contribution in [0.2, 0.25) is 18.1 Å². The minimum Gasteiger partial charge on any atom is -0.460 e. The average Bonchev–Trinajstić information content (AvgIpc) is 2.48. The molecule has 0 saturated carbocycles. The van der Waals surface area contributed by atoms with Crippen LogP contribution >= 0.6 is 0 Å². The summed E-state index contributed by atoms with van der Waals surface area (Å²) in [5.74, 6) is -0.0640. The average molecular weight is 345 g/mol. The van der Waals surface area contributed by atoms with Crippen LogP contribution in [0.4, 0.5) is 0 Å². The minimum absolute atomic E-state index is 0.0640. The van der Waals surface area contributed by atoms with Crippen molar-refractivity contribution in [2.75, 3.05) is 6.61 Å². The van der Waals surface area contributed by atoms with Crippen LogP contribution in [0.25, 0.3) is 0 Å². The van der Waals surface area contributed by atoms with E-state index < -0.39 is 8.32 Å². The van der Waals surface area contributed by atoms with Gasteiger partial charge in [0, 0.05) is 13.0 Å². The van der Waals surface area contributed by atoms with Gasteiger partial charge < -0.3 is 9.16 Å². The fourth-order valence-corrected chi connectivity index (χ4v) is 5.51. The van der Waals surface area contributed by atoms with Gasteiger partial charge in [-0.25, -0.2) is 0 Å². The van der Waals surface area contributed by atoms with Crippen molar-refractivity contribution in [1.82, 2.24) is 0 Å². The van der Waals surface area contributed by atoms with Gasteiger partial charge in [-0.1, -0.05) is 46.5 Å². The molecule has 3 nitrogen and oxygen atoms in total. The second kappa shape index (κ2) is 12.1. The van der Waals surface area contributed by atoms with E-state index in [2.05, 4.69) is 20.8 Å². The Bertz CT molecular complexity index is 298. The molecule has 0 atom stereocenters. The van der Waals surface area contributed by atoms with Crippen LogP contribution in [-0.2, 0) is 14.0 Å². The maximum atomic E-state index is 11.6. The monoisotopic (exact) mass is 344 g/mol. The summed E-state index contributed by atoms with van der Waals surface area (Å²) in [7, 11) is -1.38. The Balaban J connectivity index is 3.52. The van der Waals surface area contributed by atoms with E-state index in [1.165, 1.54) is 43.8 Å². The molecule has 23 heavy (non-hydrogen) atoms. The molecule has 0 aliphatic carbocycles. The van der Waals surface area contributed by atoms with Crippen LogP contribution in [0, 0.1) is 0 Å². The van der Waals surface area contributed by atoms with Gasteiger partial charge in [-0.15, -0.1) is 0 Å². The van der Waals surface area contributed by atoms with Crippen LogP contribution < -0.4 is 0 Å². The van der Waals surface area contributed by atoms with Gasteiger partial charge in [-0.05, 0) is 51.7 Å². The van der Waals surface area contributed by atoms with Crippen LogP contribution in [0.15, 0.2) is 0 Å². The molecule has 0 radical (unpaired) electrons. The maximum absolute atomic E-state index is 11.6. The first-order valence-corrected chi connectivity index (χ1v) is 12.2. The molecule has 0 spiro atoms. The van der Waals surface area contributed by atoms with Crippen molar-refractivity contribution in [3.8, 4) is 0 Å². The minimum atomic E-state index is -1.38. The fourth-order valence-electron chi connectivity index (χ4n) is 2.82. The summed E-state index contributed by atoms with van der Waals surface area (Å²) < 4.78 is 11.6. The quantitative estimate of drug-likeness (QED) is 0.231. The number of carbonyl (C=O) groups is 1. The number of esters is 1. The van der Waals surface area contributed by atoms with Gasteiger partial charge in [-0.2, -0.15) is 0 Å². The van der Waals surface area contributed by atoms with Gasteiger partial charge in [0.25, 0.3) is 0 Å². The molecule has 0 aromatic carbocycles. The summed E-state index contributed by atoms with van der Waals surface area (Å²) in [6.45, 7) is 13.5. The maximum Gasteiger partial charge on any atom is 0.306 e. The van der Waals surface area contributed by atoms with Crippen LogP contribution in [0.1, 0.15) is 86.5 Å². The molecule has 4 heteroatoms. The Morgan fingerprint density at radius 1 is 0.826 bits per heavy atom. The van der Waals surface area contributed by atoms with Crippen molar-refractivity contribution < 1.29 is 14.0 Å². The molecule has 0 heterocycles. The summed E-state index contributed by atoms with van der Waals surface area (Å²) in [4.78, 5) is 11.6. The van der Waals surface area contributed by atoms with E-state index in [9.17, 15) is 4.79 Å². The van der Waals surface area contributed by atoms with Crippen molar-refractivity contribution in [3.05, 3.63) is 0 Å². The van der Waals surface area contributed by atoms with Crippen molar-refractivity contribution in [2.45, 2.75) is 110 Å². The van der Waals surface area contributed by atoms with E-state index in [0.29, 0.717) is 6.42 Å². The largest absolute Gasteiger partial charge is 0.460 e. The third kappa shape index (κ3) is 11.8. The first-order chi connectivity index (χ1) is 10.8. The number of hydrogen-bond donors (Lipinski definition) is 0. The van der Waals surface area contributed by atoms with Gasteiger partial charge in [0.1, 0.15) is 5.60 Å². The second-order valence-corrected chi connectivity index (χ2v) is 12.3. The molecule has 0 aliphatic heterocycles. The molecule has 0 aliphatic rings. The van der Waals surface area contributed by atoms with E-state index in [1.807, 2.05) is 20.8 Å². The lowest BCUT2D eigenvalue weighted by Crippen LogP contribution is -2.36. The van der Waals surface area contributed by atoms with Crippen LogP contribution in [0.5, 0.6) is 0 Å². The highest BCUT2D eigenvalue weighted by Crippen LogP contribution is 2.22. The molecule has 0 unspecified atom stereocenters. The summed E-state index contributed by atoms with van der Waals surface area (Å²) in [6.07, 6.45) is 7.50. The Morgan fingerprint density at radius 3 is 1.78 bits per heavy atom. The number of unbranched alkanes of at least 4 members (excludes halogenated alkanes) is 5. The van der Waals surface area contributed by atoms with Gasteiger partial charge in [0.15, 0.2) is 8.32 Å². The fraction of sp³-hybridized carbons (Fsp3) is 0.947. The lowest BCUT2D eigenvalue weighted by molar-refractivity contribution is -0.154. The van der Waals surface area contributed by atoms with Gasteiger partial charge in [0.05, 0.1) is 0 Å². The third-order valence-corrected chi connectivity index (χ3v) is 9.22.